The van der Waals surface area contributed by atoms with Crippen molar-refractivity contribution in [1.82, 2.24) is 0 Å². The first kappa shape index (κ1) is 80.6. The molecule has 5 nitrogen and oxygen atoms in total. The minimum atomic E-state index is 0. The Kier molecular flexibility index (Phi) is 1190. The van der Waals surface area contributed by atoms with Crippen LogP contribution in [0.4, 0.5) is 0 Å². The van der Waals surface area contributed by atoms with Crippen LogP contribution in [-0.2, 0) is 17.3 Å². The zero-order valence-electron chi connectivity index (χ0n) is 3.23. The first-order valence-electron chi connectivity index (χ1n) is 0.134. The van der Waals surface area contributed by atoms with Crippen LogP contribution in [0.1, 0.15) is 0 Å². The van der Waals surface area contributed by atoms with Gasteiger partial charge in [0.15, 0.2) is 0 Å². The van der Waals surface area contributed by atoms with Crippen LogP contribution in [0.5, 0.6) is 0 Å². The molecule has 0 heterocycles. The molecule has 0 bridgehead atoms. The Labute approximate surface area is 104 Å². The van der Waals surface area contributed by atoms with Gasteiger partial charge < -0.3 is 27.4 Å². The Hall–Kier alpha value is 2.35. The topological polar surface area (TPSA) is 158 Å². The molecule has 0 aromatic rings. The second kappa shape index (κ2) is 118. The van der Waals surface area contributed by atoms with Gasteiger partial charge in [-0.15, -0.1) is 0 Å². The predicted molar refractivity (Wildman–Crippen MR) is 31.1 cm³/mol. The molecule has 0 aromatic carbocycles. The van der Waals surface area contributed by atoms with E-state index in [0.717, 1.165) is 0 Å². The van der Waals surface area contributed by atoms with Gasteiger partial charge in [0.05, 0.1) is 0 Å². The molecule has 0 rings (SSSR count). The Morgan fingerprint density at radius 3 is 0.625 bits per heavy atom. The Bertz CT molecular complexity index is 12.4. The van der Waals surface area contributed by atoms with Crippen molar-refractivity contribution in [2.75, 3.05) is 0 Å². The van der Waals surface area contributed by atoms with Gasteiger partial charge in [-0.3, -0.25) is 0 Å². The van der Waals surface area contributed by atoms with Crippen molar-refractivity contribution in [2.45, 2.75) is 0 Å². The molecular formula is H11ClKO5Ru. The fourth-order valence-electron chi connectivity index (χ4n) is 0. The van der Waals surface area contributed by atoms with Crippen LogP contribution in [0.25, 0.3) is 0 Å². The van der Waals surface area contributed by atoms with E-state index in [0.29, 0.717) is 0 Å². The maximum atomic E-state index is 4.57. The first-order chi connectivity index (χ1) is 1.00. The molecule has 0 aliphatic rings. The van der Waals surface area contributed by atoms with Crippen molar-refractivity contribution in [3.63, 3.8) is 0 Å². The van der Waals surface area contributed by atoms with E-state index in [9.17, 15) is 0 Å². The summed E-state index contributed by atoms with van der Waals surface area (Å²) < 4.78 is 0. The fraction of sp³-hybridized carbons (Fsp3) is 0. The van der Waals surface area contributed by atoms with Crippen molar-refractivity contribution in [3.05, 3.63) is 0 Å². The molecule has 0 amide bonds. The normalized spacial score (nSPS) is 0.750. The van der Waals surface area contributed by atoms with Crippen molar-refractivity contribution in [1.29, 1.82) is 0 Å². The minimum absolute atomic E-state index is 0. The summed E-state index contributed by atoms with van der Waals surface area (Å²) in [4.78, 5) is 0. The third-order valence-corrected chi connectivity index (χ3v) is 0. The van der Waals surface area contributed by atoms with E-state index in [1.165, 1.54) is 0 Å². The van der Waals surface area contributed by atoms with Crippen LogP contribution in [0.3, 0.4) is 0 Å². The maximum absolute atomic E-state index is 4.57. The van der Waals surface area contributed by atoms with Gasteiger partial charge in [-0.25, -0.2) is 0 Å². The molecular weight excluding hydrogens is 256 g/mol. The van der Waals surface area contributed by atoms with E-state index in [1.807, 2.05) is 17.3 Å². The number of rotatable bonds is 0. The fourth-order valence-corrected chi connectivity index (χ4v) is 0. The van der Waals surface area contributed by atoms with Gasteiger partial charge in [-0.05, 0) is 0 Å². The van der Waals surface area contributed by atoms with Gasteiger partial charge in [0.2, 0.25) is 0 Å². The SMILES string of the molecule is O.O.O.O.O.[Cl][Ru].[KH]. The molecule has 10 N–H and O–H groups in total. The van der Waals surface area contributed by atoms with Gasteiger partial charge in [0.1, 0.15) is 0 Å². The number of hydrogen-bond acceptors (Lipinski definition) is 0. The quantitative estimate of drug-likeness (QED) is 0.391. The number of halogens is 1. The summed E-state index contributed by atoms with van der Waals surface area (Å²) in [5, 5.41) is 0. The van der Waals surface area contributed by atoms with Crippen LogP contribution in [0.15, 0.2) is 0 Å². The molecule has 0 aromatic heterocycles. The summed E-state index contributed by atoms with van der Waals surface area (Å²) >= 11 is 1.82. The van der Waals surface area contributed by atoms with Gasteiger partial charge in [0, 0.05) is 0 Å². The average Bonchev–Trinajstić information content (AvgIpc) is 1.00. The molecule has 8 heteroatoms. The molecule has 0 fully saturated rings. The first-order valence-corrected chi connectivity index (χ1v) is 2.37. The Morgan fingerprint density at radius 1 is 0.625 bits per heavy atom. The van der Waals surface area contributed by atoms with Crippen LogP contribution >= 0.6 is 9.69 Å². The second-order valence-electron chi connectivity index (χ2n) is 0. The van der Waals surface area contributed by atoms with E-state index < -0.39 is 0 Å². The van der Waals surface area contributed by atoms with Crippen molar-refractivity contribution in [2.24, 2.45) is 0 Å². The van der Waals surface area contributed by atoms with Crippen molar-refractivity contribution >= 4 is 61.1 Å². The van der Waals surface area contributed by atoms with Gasteiger partial charge >= 0.3 is 78.4 Å². The Morgan fingerprint density at radius 2 is 0.625 bits per heavy atom. The molecule has 0 saturated heterocycles. The second-order valence-corrected chi connectivity index (χ2v) is 0. The third-order valence-electron chi connectivity index (χ3n) is 0. The van der Waals surface area contributed by atoms with Crippen LogP contribution in [0, 0.1) is 0 Å². The molecule has 0 saturated carbocycles. The average molecular weight is 267 g/mol. The van der Waals surface area contributed by atoms with Crippen molar-refractivity contribution < 1.29 is 44.7 Å². The predicted octanol–water partition coefficient (Wildman–Crippen LogP) is -4.08. The molecule has 0 aliphatic carbocycles. The number of hydrogen-bond donors (Lipinski definition) is 0. The van der Waals surface area contributed by atoms with Crippen LogP contribution < -0.4 is 0 Å². The molecule has 57 valence electrons. The van der Waals surface area contributed by atoms with Gasteiger partial charge in [-0.1, -0.05) is 0 Å². The van der Waals surface area contributed by atoms with E-state index in [2.05, 4.69) is 9.69 Å². The van der Waals surface area contributed by atoms with E-state index >= 15 is 0 Å². The molecule has 0 radical (unpaired) electrons. The summed E-state index contributed by atoms with van der Waals surface area (Å²) in [6.07, 6.45) is 0. The molecule has 0 spiro atoms. The summed E-state index contributed by atoms with van der Waals surface area (Å²) in [5.74, 6) is 0. The summed E-state index contributed by atoms with van der Waals surface area (Å²) in [6, 6.07) is 0. The van der Waals surface area contributed by atoms with Gasteiger partial charge in [-0.2, -0.15) is 0 Å². The molecule has 0 unspecified atom stereocenters. The van der Waals surface area contributed by atoms with Crippen molar-refractivity contribution in [3.8, 4) is 0 Å². The van der Waals surface area contributed by atoms with Crippen LogP contribution in [-0.4, -0.2) is 78.8 Å². The molecule has 8 heavy (non-hydrogen) atoms. The van der Waals surface area contributed by atoms with Crippen LogP contribution in [0.2, 0.25) is 0 Å². The zero-order valence-corrected chi connectivity index (χ0v) is 5.73. The standard InChI is InChI=1S/ClH.K.5H2O.Ru.H/h1H;;5*1H2;;/q;;;;;;;+1;/p-1. The molecule has 0 aliphatic heterocycles. The van der Waals surface area contributed by atoms with E-state index in [4.69, 9.17) is 0 Å². The van der Waals surface area contributed by atoms with Gasteiger partial charge in [0.25, 0.3) is 0 Å². The summed E-state index contributed by atoms with van der Waals surface area (Å²) in [5.41, 5.74) is 0. The van der Waals surface area contributed by atoms with E-state index in [1.54, 1.807) is 0 Å². The Balaban J connectivity index is -0.000000000333. The summed E-state index contributed by atoms with van der Waals surface area (Å²) in [6.45, 7) is 0. The third kappa shape index (κ3) is 81.7. The monoisotopic (exact) mass is 267 g/mol. The summed E-state index contributed by atoms with van der Waals surface area (Å²) in [7, 11) is 4.57. The molecule has 0 atom stereocenters. The van der Waals surface area contributed by atoms with E-state index in [-0.39, 0.29) is 78.8 Å². The zero-order chi connectivity index (χ0) is 2.00.